The number of hydrogen-bond acceptors (Lipinski definition) is 2. The van der Waals surface area contributed by atoms with E-state index in [1.807, 2.05) is 49.4 Å². The average Bonchev–Trinajstić information content (AvgIpc) is 2.55. The van der Waals surface area contributed by atoms with Crippen molar-refractivity contribution in [3.63, 3.8) is 0 Å². The third-order valence-corrected chi connectivity index (χ3v) is 4.10. The second kappa shape index (κ2) is 8.67. The van der Waals surface area contributed by atoms with E-state index in [0.29, 0.717) is 5.02 Å². The first-order valence-electron chi connectivity index (χ1n) is 7.93. The molecule has 0 aromatic heterocycles. The highest BCUT2D eigenvalue weighted by Crippen LogP contribution is 2.17. The number of carbonyl (C=O) groups is 1. The van der Waals surface area contributed by atoms with Crippen molar-refractivity contribution in [3.05, 3.63) is 70.3 Å². The highest BCUT2D eigenvalue weighted by atomic mass is 35.5. The number of aryl methyl sites for hydroxylation is 1. The van der Waals surface area contributed by atoms with Gasteiger partial charge in [0.2, 0.25) is 5.91 Å². The minimum absolute atomic E-state index is 0.160. The van der Waals surface area contributed by atoms with Gasteiger partial charge in [0.25, 0.3) is 0 Å². The van der Waals surface area contributed by atoms with Crippen LogP contribution < -0.4 is 5.32 Å². The molecule has 126 valence electrons. The Bertz CT molecular complexity index is 721. The number of carbonyl (C=O) groups excluding carboxylic acids is 1. The number of nitrogens with one attached hydrogen (secondary N) is 1. The van der Waals surface area contributed by atoms with Crippen LogP contribution in [0.4, 0.5) is 5.69 Å². The highest BCUT2D eigenvalue weighted by molar-refractivity contribution is 6.31. The molecule has 0 aliphatic rings. The maximum Gasteiger partial charge on any atom is 0.248 e. The molecule has 0 spiro atoms. The molecule has 0 bridgehead atoms. The molecule has 0 fully saturated rings. The molecule has 0 aliphatic carbocycles. The zero-order chi connectivity index (χ0) is 17.5. The molecule has 0 radical (unpaired) electrons. The summed E-state index contributed by atoms with van der Waals surface area (Å²) in [6, 6.07) is 13.7. The van der Waals surface area contributed by atoms with Gasteiger partial charge < -0.3 is 10.2 Å². The first kappa shape index (κ1) is 18.2. The molecule has 2 aromatic carbocycles. The van der Waals surface area contributed by atoms with Gasteiger partial charge in [0.05, 0.1) is 0 Å². The molecule has 1 N–H and O–H groups in total. The standard InChI is InChI=1S/C20H23ClN2O/c1-15-4-5-17(14-19(15)21)8-11-20(24)22-18-9-6-16(7-10-18)12-13-23(2)3/h4-11,14H,12-13H2,1-3H3,(H,22,24)/b11-8+. The van der Waals surface area contributed by atoms with Crippen LogP contribution >= 0.6 is 11.6 Å². The normalized spacial score (nSPS) is 11.2. The summed E-state index contributed by atoms with van der Waals surface area (Å²) in [5.41, 5.74) is 3.97. The van der Waals surface area contributed by atoms with Crippen LogP contribution in [-0.4, -0.2) is 31.4 Å². The van der Waals surface area contributed by atoms with Gasteiger partial charge in [0.15, 0.2) is 0 Å². The van der Waals surface area contributed by atoms with Crippen molar-refractivity contribution in [2.24, 2.45) is 0 Å². The lowest BCUT2D eigenvalue weighted by atomic mass is 10.1. The van der Waals surface area contributed by atoms with Crippen molar-refractivity contribution in [1.82, 2.24) is 4.90 Å². The molecule has 0 atom stereocenters. The number of anilines is 1. The van der Waals surface area contributed by atoms with E-state index in [-0.39, 0.29) is 5.91 Å². The van der Waals surface area contributed by atoms with Crippen molar-refractivity contribution in [3.8, 4) is 0 Å². The summed E-state index contributed by atoms with van der Waals surface area (Å²) in [7, 11) is 4.12. The van der Waals surface area contributed by atoms with E-state index in [9.17, 15) is 4.79 Å². The van der Waals surface area contributed by atoms with Crippen LogP contribution in [-0.2, 0) is 11.2 Å². The smallest absolute Gasteiger partial charge is 0.248 e. The Morgan fingerprint density at radius 2 is 1.88 bits per heavy atom. The molecule has 2 aromatic rings. The monoisotopic (exact) mass is 342 g/mol. The van der Waals surface area contributed by atoms with E-state index in [0.717, 1.165) is 29.8 Å². The molecule has 3 nitrogen and oxygen atoms in total. The van der Waals surface area contributed by atoms with Crippen LogP contribution in [0.15, 0.2) is 48.5 Å². The fourth-order valence-electron chi connectivity index (χ4n) is 2.18. The van der Waals surface area contributed by atoms with E-state index in [1.54, 1.807) is 6.08 Å². The molecule has 0 aliphatic heterocycles. The number of benzene rings is 2. The summed E-state index contributed by atoms with van der Waals surface area (Å²) < 4.78 is 0. The fraction of sp³-hybridized carbons (Fsp3) is 0.250. The molecule has 0 saturated carbocycles. The maximum atomic E-state index is 12.0. The minimum Gasteiger partial charge on any atom is -0.323 e. The first-order valence-corrected chi connectivity index (χ1v) is 8.31. The fourth-order valence-corrected chi connectivity index (χ4v) is 2.37. The van der Waals surface area contributed by atoms with Crippen LogP contribution in [0.25, 0.3) is 6.08 Å². The number of rotatable bonds is 6. The van der Waals surface area contributed by atoms with Gasteiger partial charge in [0, 0.05) is 23.3 Å². The molecule has 0 saturated heterocycles. The summed E-state index contributed by atoms with van der Waals surface area (Å²) in [4.78, 5) is 14.2. The van der Waals surface area contributed by atoms with E-state index < -0.39 is 0 Å². The zero-order valence-electron chi connectivity index (χ0n) is 14.3. The summed E-state index contributed by atoms with van der Waals surface area (Å²) >= 11 is 6.08. The second-order valence-electron chi connectivity index (χ2n) is 6.08. The van der Waals surface area contributed by atoms with Gasteiger partial charge in [-0.3, -0.25) is 4.79 Å². The van der Waals surface area contributed by atoms with Gasteiger partial charge in [-0.1, -0.05) is 35.9 Å². The van der Waals surface area contributed by atoms with Crippen molar-refractivity contribution in [1.29, 1.82) is 0 Å². The van der Waals surface area contributed by atoms with E-state index in [2.05, 4.69) is 24.3 Å². The zero-order valence-corrected chi connectivity index (χ0v) is 15.1. The first-order chi connectivity index (χ1) is 11.4. The Kier molecular flexibility index (Phi) is 6.59. The molecule has 1 amide bonds. The predicted molar refractivity (Wildman–Crippen MR) is 103 cm³/mol. The van der Waals surface area contributed by atoms with E-state index in [4.69, 9.17) is 11.6 Å². The van der Waals surface area contributed by atoms with Crippen molar-refractivity contribution in [2.45, 2.75) is 13.3 Å². The van der Waals surface area contributed by atoms with Crippen LogP contribution in [0.1, 0.15) is 16.7 Å². The Labute approximate surface area is 148 Å². The Balaban J connectivity index is 1.91. The van der Waals surface area contributed by atoms with Gasteiger partial charge >= 0.3 is 0 Å². The lowest BCUT2D eigenvalue weighted by Gasteiger charge is -2.09. The lowest BCUT2D eigenvalue weighted by molar-refractivity contribution is -0.111. The summed E-state index contributed by atoms with van der Waals surface area (Å²) in [5.74, 6) is -0.160. The molecule has 0 heterocycles. The summed E-state index contributed by atoms with van der Waals surface area (Å²) in [6.07, 6.45) is 4.27. The van der Waals surface area contributed by atoms with Gasteiger partial charge in [-0.2, -0.15) is 0 Å². The third-order valence-electron chi connectivity index (χ3n) is 3.69. The number of likely N-dealkylation sites (N-methyl/N-ethyl adjacent to an activating group) is 1. The molecular weight excluding hydrogens is 320 g/mol. The second-order valence-corrected chi connectivity index (χ2v) is 6.49. The highest BCUT2D eigenvalue weighted by Gasteiger charge is 2.00. The summed E-state index contributed by atoms with van der Waals surface area (Å²) in [6.45, 7) is 2.96. The largest absolute Gasteiger partial charge is 0.323 e. The molecule has 0 unspecified atom stereocenters. The van der Waals surface area contributed by atoms with Crippen molar-refractivity contribution >= 4 is 29.3 Å². The topological polar surface area (TPSA) is 32.3 Å². The van der Waals surface area contributed by atoms with E-state index >= 15 is 0 Å². The lowest BCUT2D eigenvalue weighted by Crippen LogP contribution is -2.15. The van der Waals surface area contributed by atoms with Crippen LogP contribution in [0.2, 0.25) is 5.02 Å². The third kappa shape index (κ3) is 5.84. The minimum atomic E-state index is -0.160. The van der Waals surface area contributed by atoms with E-state index in [1.165, 1.54) is 11.6 Å². The van der Waals surface area contributed by atoms with Gasteiger partial charge in [0.1, 0.15) is 0 Å². The summed E-state index contributed by atoms with van der Waals surface area (Å²) in [5, 5.41) is 3.56. The number of amides is 1. The van der Waals surface area contributed by atoms with Crippen LogP contribution in [0.3, 0.4) is 0 Å². The quantitative estimate of drug-likeness (QED) is 0.789. The van der Waals surface area contributed by atoms with Crippen LogP contribution in [0, 0.1) is 6.92 Å². The van der Waals surface area contributed by atoms with Crippen molar-refractivity contribution in [2.75, 3.05) is 26.0 Å². The van der Waals surface area contributed by atoms with Crippen molar-refractivity contribution < 1.29 is 4.79 Å². The van der Waals surface area contributed by atoms with Gasteiger partial charge in [-0.05, 0) is 68.4 Å². The average molecular weight is 343 g/mol. The van der Waals surface area contributed by atoms with Gasteiger partial charge in [-0.15, -0.1) is 0 Å². The molecule has 24 heavy (non-hydrogen) atoms. The Morgan fingerprint density at radius 3 is 2.50 bits per heavy atom. The SMILES string of the molecule is Cc1ccc(/C=C/C(=O)Nc2ccc(CCN(C)C)cc2)cc1Cl. The Morgan fingerprint density at radius 1 is 1.17 bits per heavy atom. The number of hydrogen-bond donors (Lipinski definition) is 1. The maximum absolute atomic E-state index is 12.0. The Hall–Kier alpha value is -2.10. The van der Waals surface area contributed by atoms with Gasteiger partial charge in [-0.25, -0.2) is 0 Å². The molecular formula is C20H23ClN2O. The number of nitrogens with zero attached hydrogens (tertiary/aromatic N) is 1. The number of halogens is 1. The predicted octanol–water partition coefficient (Wildman–Crippen LogP) is 4.40. The van der Waals surface area contributed by atoms with Crippen LogP contribution in [0.5, 0.6) is 0 Å². The molecule has 2 rings (SSSR count). The molecule has 4 heteroatoms.